The van der Waals surface area contributed by atoms with E-state index in [1.165, 1.54) is 4.90 Å². The molecule has 16 heavy (non-hydrogen) atoms. The number of amides is 2. The van der Waals surface area contributed by atoms with Crippen LogP contribution in [0.2, 0.25) is 0 Å². The van der Waals surface area contributed by atoms with Gasteiger partial charge in [-0.15, -0.1) is 0 Å². The molecule has 0 aromatic heterocycles. The smallest absolute Gasteiger partial charge is 0.246 e. The normalized spacial score (nSPS) is 24.5. The highest BCUT2D eigenvalue weighted by Gasteiger charge is 2.45. The summed E-state index contributed by atoms with van der Waals surface area (Å²) in [6.07, 6.45) is 0.839. The van der Waals surface area contributed by atoms with E-state index in [0.717, 1.165) is 0 Å². The molecular weight excluding hydrogens is 211 g/mol. The number of halogens is 1. The van der Waals surface area contributed by atoms with Crippen LogP contribution in [0.5, 0.6) is 0 Å². The SMILES string of the molecule is CCC1NC(=O)C(C)(C)N(CCCF)C1=O. The number of nitrogens with one attached hydrogen (secondary N) is 1. The maximum Gasteiger partial charge on any atom is 0.246 e. The van der Waals surface area contributed by atoms with Gasteiger partial charge < -0.3 is 10.2 Å². The summed E-state index contributed by atoms with van der Waals surface area (Å²) >= 11 is 0. The number of carbonyl (C=O) groups excluding carboxylic acids is 2. The van der Waals surface area contributed by atoms with Gasteiger partial charge in [-0.05, 0) is 26.7 Å². The Balaban J connectivity index is 2.87. The summed E-state index contributed by atoms with van der Waals surface area (Å²) in [6.45, 7) is 5.04. The lowest BCUT2D eigenvalue weighted by molar-refractivity contribution is -0.155. The average molecular weight is 230 g/mol. The van der Waals surface area contributed by atoms with E-state index in [4.69, 9.17) is 0 Å². The van der Waals surface area contributed by atoms with E-state index in [1.807, 2.05) is 6.92 Å². The molecule has 0 radical (unpaired) electrons. The molecule has 1 rings (SSSR count). The molecule has 92 valence electrons. The highest BCUT2D eigenvalue weighted by molar-refractivity contribution is 5.99. The Morgan fingerprint density at radius 1 is 1.44 bits per heavy atom. The molecular formula is C11H19FN2O2. The summed E-state index contributed by atoms with van der Waals surface area (Å²) in [4.78, 5) is 25.3. The Labute approximate surface area is 95.2 Å². The second-order valence-corrected chi connectivity index (χ2v) is 4.53. The predicted molar refractivity (Wildman–Crippen MR) is 58.6 cm³/mol. The molecule has 0 spiro atoms. The summed E-state index contributed by atoms with van der Waals surface area (Å²) in [5, 5.41) is 2.69. The molecule has 1 unspecified atom stereocenters. The van der Waals surface area contributed by atoms with Crippen molar-refractivity contribution in [3.63, 3.8) is 0 Å². The van der Waals surface area contributed by atoms with Gasteiger partial charge in [0.25, 0.3) is 0 Å². The summed E-state index contributed by atoms with van der Waals surface area (Å²) in [5.41, 5.74) is -0.877. The van der Waals surface area contributed by atoms with Crippen molar-refractivity contribution in [3.05, 3.63) is 0 Å². The lowest BCUT2D eigenvalue weighted by atomic mass is 9.94. The number of hydrogen-bond acceptors (Lipinski definition) is 2. The zero-order chi connectivity index (χ0) is 12.3. The maximum absolute atomic E-state index is 12.2. The first kappa shape index (κ1) is 12.9. The van der Waals surface area contributed by atoms with Crippen LogP contribution in [0.3, 0.4) is 0 Å². The van der Waals surface area contributed by atoms with Gasteiger partial charge in [-0.2, -0.15) is 0 Å². The first-order valence-corrected chi connectivity index (χ1v) is 5.63. The summed E-state index contributed by atoms with van der Waals surface area (Å²) in [6, 6.07) is -0.458. The van der Waals surface area contributed by atoms with Gasteiger partial charge in [-0.3, -0.25) is 14.0 Å². The molecule has 2 amide bonds. The molecule has 5 heteroatoms. The van der Waals surface area contributed by atoms with E-state index in [2.05, 4.69) is 5.32 Å². The van der Waals surface area contributed by atoms with Crippen molar-refractivity contribution < 1.29 is 14.0 Å². The molecule has 0 aliphatic carbocycles. The van der Waals surface area contributed by atoms with E-state index in [9.17, 15) is 14.0 Å². The standard InChI is InChI=1S/C11H19FN2O2/c1-4-8-9(15)14(7-5-6-12)11(2,3)10(16)13-8/h8H,4-7H2,1-3H3,(H,13,16). The molecule has 0 aromatic rings. The van der Waals surface area contributed by atoms with Crippen LogP contribution >= 0.6 is 0 Å². The highest BCUT2D eigenvalue weighted by Crippen LogP contribution is 2.22. The van der Waals surface area contributed by atoms with Gasteiger partial charge in [0.2, 0.25) is 11.8 Å². The minimum atomic E-state index is -0.877. The van der Waals surface area contributed by atoms with Crippen molar-refractivity contribution in [2.45, 2.75) is 45.2 Å². The predicted octanol–water partition coefficient (Wildman–Crippen LogP) is 0.862. The van der Waals surface area contributed by atoms with Gasteiger partial charge in [-0.25, -0.2) is 0 Å². The zero-order valence-corrected chi connectivity index (χ0v) is 10.0. The van der Waals surface area contributed by atoms with Crippen LogP contribution in [-0.4, -0.2) is 41.5 Å². The summed E-state index contributed by atoms with van der Waals surface area (Å²) < 4.78 is 12.2. The van der Waals surface area contributed by atoms with E-state index in [-0.39, 0.29) is 18.2 Å². The molecule has 0 bridgehead atoms. The van der Waals surface area contributed by atoms with Crippen LogP contribution in [0.15, 0.2) is 0 Å². The van der Waals surface area contributed by atoms with Crippen LogP contribution in [-0.2, 0) is 9.59 Å². The Morgan fingerprint density at radius 3 is 2.56 bits per heavy atom. The zero-order valence-electron chi connectivity index (χ0n) is 10.0. The van der Waals surface area contributed by atoms with Crippen molar-refractivity contribution in [1.29, 1.82) is 0 Å². The average Bonchev–Trinajstić information content (AvgIpc) is 2.23. The van der Waals surface area contributed by atoms with Crippen molar-refractivity contribution >= 4 is 11.8 Å². The summed E-state index contributed by atoms with van der Waals surface area (Å²) in [5.74, 6) is -0.279. The number of rotatable bonds is 4. The van der Waals surface area contributed by atoms with Gasteiger partial charge in [0.05, 0.1) is 6.67 Å². The van der Waals surface area contributed by atoms with Crippen LogP contribution in [0.4, 0.5) is 4.39 Å². The van der Waals surface area contributed by atoms with Crippen LogP contribution < -0.4 is 5.32 Å². The largest absolute Gasteiger partial charge is 0.342 e. The minimum Gasteiger partial charge on any atom is -0.342 e. The number of carbonyl (C=O) groups is 2. The number of alkyl halides is 1. The second kappa shape index (κ2) is 4.80. The van der Waals surface area contributed by atoms with Crippen LogP contribution in [0.1, 0.15) is 33.6 Å². The fourth-order valence-corrected chi connectivity index (χ4v) is 1.87. The molecule has 0 saturated carbocycles. The van der Waals surface area contributed by atoms with Gasteiger partial charge in [-0.1, -0.05) is 6.92 Å². The monoisotopic (exact) mass is 230 g/mol. The molecule has 4 nitrogen and oxygen atoms in total. The van der Waals surface area contributed by atoms with Crippen LogP contribution in [0, 0.1) is 0 Å². The lowest BCUT2D eigenvalue weighted by Crippen LogP contribution is -2.68. The molecule has 1 aliphatic heterocycles. The molecule has 1 atom stereocenters. The van der Waals surface area contributed by atoms with Crippen molar-refractivity contribution in [3.8, 4) is 0 Å². The first-order valence-electron chi connectivity index (χ1n) is 5.63. The lowest BCUT2D eigenvalue weighted by Gasteiger charge is -2.44. The molecule has 1 heterocycles. The minimum absolute atomic E-state index is 0.111. The van der Waals surface area contributed by atoms with E-state index in [0.29, 0.717) is 13.0 Å². The second-order valence-electron chi connectivity index (χ2n) is 4.53. The number of piperazine rings is 1. The third kappa shape index (κ3) is 2.18. The number of nitrogens with zero attached hydrogens (tertiary/aromatic N) is 1. The fourth-order valence-electron chi connectivity index (χ4n) is 1.87. The molecule has 1 aliphatic rings. The third-order valence-corrected chi connectivity index (χ3v) is 3.02. The Kier molecular flexibility index (Phi) is 3.88. The van der Waals surface area contributed by atoms with Gasteiger partial charge in [0, 0.05) is 6.54 Å². The van der Waals surface area contributed by atoms with E-state index < -0.39 is 18.3 Å². The summed E-state index contributed by atoms with van der Waals surface area (Å²) in [7, 11) is 0. The van der Waals surface area contributed by atoms with E-state index in [1.54, 1.807) is 13.8 Å². The fraction of sp³-hybridized carbons (Fsp3) is 0.818. The molecule has 1 N–H and O–H groups in total. The van der Waals surface area contributed by atoms with Crippen molar-refractivity contribution in [2.75, 3.05) is 13.2 Å². The Morgan fingerprint density at radius 2 is 2.06 bits per heavy atom. The van der Waals surface area contributed by atoms with Gasteiger partial charge in [0.15, 0.2) is 0 Å². The maximum atomic E-state index is 12.2. The van der Waals surface area contributed by atoms with Crippen molar-refractivity contribution in [1.82, 2.24) is 10.2 Å². The highest BCUT2D eigenvalue weighted by atomic mass is 19.1. The molecule has 1 fully saturated rings. The molecule has 0 aromatic carbocycles. The van der Waals surface area contributed by atoms with Gasteiger partial charge in [0.1, 0.15) is 11.6 Å². The quantitative estimate of drug-likeness (QED) is 0.778. The Bertz CT molecular complexity index is 292. The van der Waals surface area contributed by atoms with E-state index >= 15 is 0 Å². The first-order chi connectivity index (χ1) is 7.45. The third-order valence-electron chi connectivity index (χ3n) is 3.02. The molecule has 1 saturated heterocycles. The Hall–Kier alpha value is -1.13. The van der Waals surface area contributed by atoms with Crippen molar-refractivity contribution in [2.24, 2.45) is 0 Å². The number of hydrogen-bond donors (Lipinski definition) is 1. The topological polar surface area (TPSA) is 49.4 Å². The van der Waals surface area contributed by atoms with Crippen LogP contribution in [0.25, 0.3) is 0 Å². The van der Waals surface area contributed by atoms with Gasteiger partial charge >= 0.3 is 0 Å².